The predicted molar refractivity (Wildman–Crippen MR) is 42.3 cm³/mol. The fourth-order valence-electron chi connectivity index (χ4n) is 1.53. The van der Waals surface area contributed by atoms with Gasteiger partial charge in [0.15, 0.2) is 6.10 Å². The van der Waals surface area contributed by atoms with Crippen LogP contribution in [0.4, 0.5) is 0 Å². The maximum absolute atomic E-state index is 11.3. The first kappa shape index (κ1) is 9.85. The Labute approximate surface area is 81.0 Å². The molecule has 6 nitrogen and oxygen atoms in total. The average Bonchev–Trinajstić information content (AvgIpc) is 2.57. The van der Waals surface area contributed by atoms with Gasteiger partial charge < -0.3 is 23.7 Å². The van der Waals surface area contributed by atoms with Crippen LogP contribution in [0.1, 0.15) is 0 Å². The predicted octanol–water partition coefficient (Wildman–Crippen LogP) is -0.726. The molecule has 3 atom stereocenters. The average molecular weight is 204 g/mol. The van der Waals surface area contributed by atoms with Crippen molar-refractivity contribution in [1.29, 1.82) is 0 Å². The van der Waals surface area contributed by atoms with E-state index in [-0.39, 0.29) is 19.7 Å². The minimum atomic E-state index is -0.755. The van der Waals surface area contributed by atoms with Crippen molar-refractivity contribution >= 4 is 5.97 Å². The molecule has 80 valence electrons. The number of carbonyl (C=O) groups is 1. The standard InChI is InChI=1S/C8H12O6/c1-10-8(9)7-6-5(12-4-14-6)2-11-3-13-7/h5-7H,2-4H2,1H3/t5-,6-,7+/m1/s1. The number of fused-ring (bicyclic) bond motifs is 1. The van der Waals surface area contributed by atoms with Gasteiger partial charge in [-0.3, -0.25) is 0 Å². The summed E-state index contributed by atoms with van der Waals surface area (Å²) in [7, 11) is 1.31. The van der Waals surface area contributed by atoms with Gasteiger partial charge in [0.05, 0.1) is 13.7 Å². The third-order valence-corrected chi connectivity index (χ3v) is 2.25. The minimum Gasteiger partial charge on any atom is -0.467 e. The second-order valence-electron chi connectivity index (χ2n) is 3.05. The van der Waals surface area contributed by atoms with Crippen molar-refractivity contribution in [3.05, 3.63) is 0 Å². The van der Waals surface area contributed by atoms with Crippen LogP contribution in [0.3, 0.4) is 0 Å². The lowest BCUT2D eigenvalue weighted by Crippen LogP contribution is -2.42. The molecule has 2 fully saturated rings. The molecule has 2 aliphatic heterocycles. The zero-order valence-electron chi connectivity index (χ0n) is 7.80. The van der Waals surface area contributed by atoms with Gasteiger partial charge in [0, 0.05) is 0 Å². The zero-order chi connectivity index (χ0) is 9.97. The summed E-state index contributed by atoms with van der Waals surface area (Å²) in [4.78, 5) is 11.3. The Bertz CT molecular complexity index is 218. The summed E-state index contributed by atoms with van der Waals surface area (Å²) < 4.78 is 25.3. The number of hydrogen-bond donors (Lipinski definition) is 0. The fourth-order valence-corrected chi connectivity index (χ4v) is 1.53. The van der Waals surface area contributed by atoms with Gasteiger partial charge in [-0.25, -0.2) is 4.79 Å². The minimum absolute atomic E-state index is 0.0550. The molecule has 2 rings (SSSR count). The number of rotatable bonds is 1. The number of methoxy groups -OCH3 is 1. The number of hydrogen-bond acceptors (Lipinski definition) is 6. The lowest BCUT2D eigenvalue weighted by molar-refractivity contribution is -0.170. The molecule has 0 saturated carbocycles. The quantitative estimate of drug-likeness (QED) is 0.525. The normalized spacial score (nSPS) is 37.4. The molecule has 0 amide bonds. The van der Waals surface area contributed by atoms with E-state index in [0.717, 1.165) is 0 Å². The third-order valence-electron chi connectivity index (χ3n) is 2.25. The van der Waals surface area contributed by atoms with E-state index in [0.29, 0.717) is 6.61 Å². The second-order valence-corrected chi connectivity index (χ2v) is 3.05. The number of ether oxygens (including phenoxy) is 5. The molecule has 0 aromatic rings. The molecule has 0 N–H and O–H groups in total. The van der Waals surface area contributed by atoms with Crippen LogP contribution in [0.5, 0.6) is 0 Å². The molecule has 0 unspecified atom stereocenters. The lowest BCUT2D eigenvalue weighted by atomic mass is 10.1. The maximum atomic E-state index is 11.3. The van der Waals surface area contributed by atoms with Gasteiger partial charge in [-0.2, -0.15) is 0 Å². The van der Waals surface area contributed by atoms with Gasteiger partial charge >= 0.3 is 5.97 Å². The summed E-state index contributed by atoms with van der Waals surface area (Å²) in [6, 6.07) is 0. The molecular weight excluding hydrogens is 192 g/mol. The highest BCUT2D eigenvalue weighted by Gasteiger charge is 2.43. The van der Waals surface area contributed by atoms with E-state index in [1.165, 1.54) is 7.11 Å². The summed E-state index contributed by atoms with van der Waals surface area (Å²) in [5.41, 5.74) is 0. The highest BCUT2D eigenvalue weighted by molar-refractivity contribution is 5.75. The summed E-state index contributed by atoms with van der Waals surface area (Å²) in [5, 5.41) is 0. The Hall–Kier alpha value is -0.690. The van der Waals surface area contributed by atoms with Crippen LogP contribution < -0.4 is 0 Å². The molecule has 0 aromatic heterocycles. The SMILES string of the molecule is COC(=O)[C@H]1OCOC[C@H]2OCO[C@@H]12. The van der Waals surface area contributed by atoms with Gasteiger partial charge in [-0.1, -0.05) is 0 Å². The number of carbonyl (C=O) groups excluding carboxylic acids is 1. The Morgan fingerprint density at radius 1 is 1.29 bits per heavy atom. The molecule has 0 spiro atoms. The van der Waals surface area contributed by atoms with E-state index >= 15 is 0 Å². The molecule has 2 aliphatic rings. The zero-order valence-corrected chi connectivity index (χ0v) is 7.80. The number of esters is 1. The molecule has 2 heterocycles. The summed E-state index contributed by atoms with van der Waals surface area (Å²) in [6.45, 7) is 0.590. The van der Waals surface area contributed by atoms with Gasteiger partial charge in [0.25, 0.3) is 0 Å². The molecule has 2 saturated heterocycles. The van der Waals surface area contributed by atoms with Crippen LogP contribution in [0.15, 0.2) is 0 Å². The summed E-state index contributed by atoms with van der Waals surface area (Å²) in [6.07, 6.45) is -1.43. The second kappa shape index (κ2) is 4.22. The van der Waals surface area contributed by atoms with Gasteiger partial charge in [0.1, 0.15) is 25.8 Å². The van der Waals surface area contributed by atoms with Crippen molar-refractivity contribution in [2.75, 3.05) is 27.3 Å². The van der Waals surface area contributed by atoms with Crippen LogP contribution in [0.2, 0.25) is 0 Å². The van der Waals surface area contributed by atoms with Crippen LogP contribution >= 0.6 is 0 Å². The van der Waals surface area contributed by atoms with E-state index in [9.17, 15) is 4.79 Å². The van der Waals surface area contributed by atoms with E-state index in [1.807, 2.05) is 0 Å². The van der Waals surface area contributed by atoms with Crippen LogP contribution in [0.25, 0.3) is 0 Å². The molecule has 6 heteroatoms. The topological polar surface area (TPSA) is 63.2 Å². The fraction of sp³-hybridized carbons (Fsp3) is 0.875. The summed E-state index contributed by atoms with van der Waals surface area (Å²) >= 11 is 0. The molecular formula is C8H12O6. The lowest BCUT2D eigenvalue weighted by Gasteiger charge is -2.19. The van der Waals surface area contributed by atoms with Crippen LogP contribution in [-0.4, -0.2) is 51.6 Å². The van der Waals surface area contributed by atoms with Gasteiger partial charge in [-0.15, -0.1) is 0 Å². The van der Waals surface area contributed by atoms with Crippen LogP contribution in [0, 0.1) is 0 Å². The van der Waals surface area contributed by atoms with E-state index < -0.39 is 18.2 Å². The Morgan fingerprint density at radius 2 is 2.14 bits per heavy atom. The van der Waals surface area contributed by atoms with Crippen molar-refractivity contribution in [3.63, 3.8) is 0 Å². The van der Waals surface area contributed by atoms with Gasteiger partial charge in [-0.05, 0) is 0 Å². The van der Waals surface area contributed by atoms with Gasteiger partial charge in [0.2, 0.25) is 0 Å². The first-order chi connectivity index (χ1) is 6.83. The smallest absolute Gasteiger partial charge is 0.337 e. The largest absolute Gasteiger partial charge is 0.467 e. The summed E-state index contributed by atoms with van der Waals surface area (Å²) in [5.74, 6) is -0.462. The molecule has 0 aromatic carbocycles. The van der Waals surface area contributed by atoms with E-state index in [4.69, 9.17) is 18.9 Å². The molecule has 0 aliphatic carbocycles. The Balaban J connectivity index is 2.08. The maximum Gasteiger partial charge on any atom is 0.337 e. The molecule has 0 bridgehead atoms. The van der Waals surface area contributed by atoms with Crippen molar-refractivity contribution in [2.24, 2.45) is 0 Å². The highest BCUT2D eigenvalue weighted by Crippen LogP contribution is 2.22. The third kappa shape index (κ3) is 1.74. The molecule has 0 radical (unpaired) electrons. The van der Waals surface area contributed by atoms with E-state index in [1.54, 1.807) is 0 Å². The first-order valence-electron chi connectivity index (χ1n) is 4.33. The molecule has 14 heavy (non-hydrogen) atoms. The van der Waals surface area contributed by atoms with Crippen LogP contribution in [-0.2, 0) is 28.5 Å². The Kier molecular flexibility index (Phi) is 2.97. The van der Waals surface area contributed by atoms with Crippen molar-refractivity contribution in [1.82, 2.24) is 0 Å². The van der Waals surface area contributed by atoms with Crippen molar-refractivity contribution < 1.29 is 28.5 Å². The first-order valence-corrected chi connectivity index (χ1v) is 4.33. The van der Waals surface area contributed by atoms with Crippen molar-refractivity contribution in [3.8, 4) is 0 Å². The Morgan fingerprint density at radius 3 is 2.93 bits per heavy atom. The van der Waals surface area contributed by atoms with E-state index in [2.05, 4.69) is 4.74 Å². The highest BCUT2D eigenvalue weighted by atomic mass is 16.8. The van der Waals surface area contributed by atoms with Crippen molar-refractivity contribution in [2.45, 2.75) is 18.3 Å². The monoisotopic (exact) mass is 204 g/mol.